The number of hydrogen-bond acceptors (Lipinski definition) is 7. The Kier molecular flexibility index (Phi) is 5.41. The molecule has 0 aliphatic heterocycles. The van der Waals surface area contributed by atoms with Crippen LogP contribution in [0.1, 0.15) is 35.8 Å². The van der Waals surface area contributed by atoms with Gasteiger partial charge in [-0.3, -0.25) is 4.79 Å². The zero-order valence-corrected chi connectivity index (χ0v) is 17.7. The summed E-state index contributed by atoms with van der Waals surface area (Å²) >= 11 is 3.02. The summed E-state index contributed by atoms with van der Waals surface area (Å²) in [4.78, 5) is 26.5. The maximum Gasteiger partial charge on any atom is 0.211 e. The number of nitrogens with zero attached hydrogens (tertiary/aromatic N) is 4. The van der Waals surface area contributed by atoms with Crippen molar-refractivity contribution < 1.29 is 4.79 Å². The van der Waals surface area contributed by atoms with Crippen molar-refractivity contribution in [3.05, 3.63) is 39.8 Å². The van der Waals surface area contributed by atoms with Gasteiger partial charge in [0.05, 0.1) is 17.4 Å². The van der Waals surface area contributed by atoms with E-state index in [0.29, 0.717) is 23.6 Å². The van der Waals surface area contributed by atoms with Crippen LogP contribution in [-0.4, -0.2) is 36.2 Å². The number of thiazole rings is 1. The van der Waals surface area contributed by atoms with Crippen LogP contribution in [-0.2, 0) is 17.6 Å². The topological polar surface area (TPSA) is 84.4 Å². The van der Waals surface area contributed by atoms with Gasteiger partial charge in [-0.1, -0.05) is 43.8 Å². The number of fused-ring (bicyclic) bond motifs is 3. The first kappa shape index (κ1) is 19.0. The third-order valence-corrected chi connectivity index (χ3v) is 7.23. The third-order valence-electron chi connectivity index (χ3n) is 4.66. The lowest BCUT2D eigenvalue weighted by Gasteiger charge is -2.10. The number of aromatic nitrogens is 5. The number of rotatable bonds is 7. The molecular formula is C20H21N5OS2. The van der Waals surface area contributed by atoms with E-state index in [-0.39, 0.29) is 11.0 Å². The molecule has 0 aliphatic rings. The van der Waals surface area contributed by atoms with Gasteiger partial charge in [-0.15, -0.1) is 21.5 Å². The van der Waals surface area contributed by atoms with Crippen LogP contribution < -0.4 is 0 Å². The van der Waals surface area contributed by atoms with Gasteiger partial charge in [0, 0.05) is 15.8 Å². The van der Waals surface area contributed by atoms with E-state index in [1.165, 1.54) is 16.6 Å². The minimum atomic E-state index is -0.210. The van der Waals surface area contributed by atoms with Crippen LogP contribution in [0, 0.1) is 6.92 Å². The molecule has 3 heterocycles. The molecule has 4 rings (SSSR count). The molecule has 8 heteroatoms. The summed E-state index contributed by atoms with van der Waals surface area (Å²) in [5.74, 6) is 0.157. The highest BCUT2D eigenvalue weighted by Crippen LogP contribution is 2.28. The maximum atomic E-state index is 12.8. The molecule has 0 saturated heterocycles. The smallest absolute Gasteiger partial charge is 0.211 e. The van der Waals surface area contributed by atoms with Crippen molar-refractivity contribution in [3.8, 4) is 0 Å². The van der Waals surface area contributed by atoms with Crippen molar-refractivity contribution in [1.29, 1.82) is 0 Å². The fourth-order valence-corrected chi connectivity index (χ4v) is 5.10. The Balaban J connectivity index is 1.53. The molecule has 0 fully saturated rings. The summed E-state index contributed by atoms with van der Waals surface area (Å²) in [5, 5.41) is 10.8. The van der Waals surface area contributed by atoms with E-state index in [9.17, 15) is 4.79 Å². The normalized spacial score (nSPS) is 12.7. The van der Waals surface area contributed by atoms with Crippen molar-refractivity contribution in [2.45, 2.75) is 50.4 Å². The molecule has 28 heavy (non-hydrogen) atoms. The Bertz CT molecular complexity index is 1150. The number of carbonyl (C=O) groups is 1. The number of thioether (sulfide) groups is 1. The first-order valence-electron chi connectivity index (χ1n) is 9.34. The third kappa shape index (κ3) is 3.66. The summed E-state index contributed by atoms with van der Waals surface area (Å²) in [6.45, 7) is 6.13. The number of hydrogen-bond donors (Lipinski definition) is 1. The van der Waals surface area contributed by atoms with Crippen molar-refractivity contribution >= 4 is 50.9 Å². The Morgan fingerprint density at radius 1 is 1.21 bits per heavy atom. The second-order valence-electron chi connectivity index (χ2n) is 6.59. The molecule has 1 unspecified atom stereocenters. The molecule has 1 N–H and O–H groups in total. The Labute approximate surface area is 171 Å². The van der Waals surface area contributed by atoms with E-state index in [2.05, 4.69) is 32.1 Å². The minimum absolute atomic E-state index is 0.157. The summed E-state index contributed by atoms with van der Waals surface area (Å²) < 4.78 is 0. The molecule has 1 atom stereocenters. The molecule has 0 spiro atoms. The lowest BCUT2D eigenvalue weighted by molar-refractivity contribution is -0.118. The number of H-pyrrole nitrogens is 1. The van der Waals surface area contributed by atoms with Crippen LogP contribution in [0.25, 0.3) is 22.1 Å². The fourth-order valence-electron chi connectivity index (χ4n) is 3.21. The Morgan fingerprint density at radius 2 is 2.04 bits per heavy atom. The lowest BCUT2D eigenvalue weighted by Crippen LogP contribution is -2.19. The molecule has 1 aromatic carbocycles. The first-order chi connectivity index (χ1) is 13.6. The SMILES string of the molecule is CCc1sc(CC(=O)C(CC)Sc2nnc3c(n2)[nH]c2ccccc23)nc1C. The van der Waals surface area contributed by atoms with E-state index in [4.69, 9.17) is 0 Å². The van der Waals surface area contributed by atoms with Crippen LogP contribution >= 0.6 is 23.1 Å². The summed E-state index contributed by atoms with van der Waals surface area (Å²) in [7, 11) is 0. The molecule has 6 nitrogen and oxygen atoms in total. The number of carbonyl (C=O) groups excluding carboxylic acids is 1. The number of ketones is 1. The number of aryl methyl sites for hydroxylation is 2. The zero-order chi connectivity index (χ0) is 19.7. The predicted molar refractivity (Wildman–Crippen MR) is 114 cm³/mol. The largest absolute Gasteiger partial charge is 0.338 e. The fraction of sp³-hybridized carbons (Fsp3) is 0.350. The van der Waals surface area contributed by atoms with Crippen molar-refractivity contribution in [2.24, 2.45) is 0 Å². The van der Waals surface area contributed by atoms with Gasteiger partial charge >= 0.3 is 0 Å². The number of Topliss-reactive ketones (excluding diaryl/α,β-unsaturated/α-hetero) is 1. The molecule has 4 aromatic rings. The van der Waals surface area contributed by atoms with Gasteiger partial charge in [0.15, 0.2) is 11.4 Å². The summed E-state index contributed by atoms with van der Waals surface area (Å²) in [6.07, 6.45) is 2.02. The number of aromatic amines is 1. The quantitative estimate of drug-likeness (QED) is 0.450. The van der Waals surface area contributed by atoms with Gasteiger partial charge in [0.1, 0.15) is 10.5 Å². The average Bonchev–Trinajstić information content (AvgIpc) is 3.24. The van der Waals surface area contributed by atoms with E-state index in [0.717, 1.165) is 33.5 Å². The van der Waals surface area contributed by atoms with E-state index in [1.807, 2.05) is 38.1 Å². The molecule has 0 aliphatic carbocycles. The van der Waals surface area contributed by atoms with Crippen molar-refractivity contribution in [3.63, 3.8) is 0 Å². The van der Waals surface area contributed by atoms with Gasteiger partial charge in [-0.2, -0.15) is 0 Å². The van der Waals surface area contributed by atoms with Gasteiger partial charge in [-0.25, -0.2) is 9.97 Å². The van der Waals surface area contributed by atoms with E-state index >= 15 is 0 Å². The second kappa shape index (κ2) is 7.97. The Hall–Kier alpha value is -2.32. The van der Waals surface area contributed by atoms with Crippen LogP contribution in [0.4, 0.5) is 0 Å². The molecular weight excluding hydrogens is 390 g/mol. The molecule has 0 bridgehead atoms. The molecule has 0 saturated carbocycles. The standard InChI is InChI=1S/C20H21N5OS2/c1-4-15-11(3)21-17(27-15)10-14(26)16(5-2)28-20-23-19-18(24-25-20)12-8-6-7-9-13(12)22-19/h6-9,16H,4-5,10H2,1-3H3,(H,22,23,25). The predicted octanol–water partition coefficient (Wildman–Crippen LogP) is 4.52. The number of benzene rings is 1. The lowest BCUT2D eigenvalue weighted by atomic mass is 10.2. The minimum Gasteiger partial charge on any atom is -0.338 e. The average molecular weight is 412 g/mol. The summed E-state index contributed by atoms with van der Waals surface area (Å²) in [5.41, 5.74) is 3.47. The highest BCUT2D eigenvalue weighted by Gasteiger charge is 2.22. The van der Waals surface area contributed by atoms with Gasteiger partial charge in [0.25, 0.3) is 0 Å². The molecule has 0 amide bonds. The van der Waals surface area contributed by atoms with Crippen molar-refractivity contribution in [1.82, 2.24) is 25.1 Å². The highest BCUT2D eigenvalue weighted by molar-refractivity contribution is 8.00. The van der Waals surface area contributed by atoms with Crippen LogP contribution in [0.15, 0.2) is 29.4 Å². The maximum absolute atomic E-state index is 12.8. The van der Waals surface area contributed by atoms with Crippen LogP contribution in [0.5, 0.6) is 0 Å². The Morgan fingerprint density at radius 3 is 2.79 bits per heavy atom. The van der Waals surface area contributed by atoms with Crippen molar-refractivity contribution in [2.75, 3.05) is 0 Å². The van der Waals surface area contributed by atoms with Gasteiger partial charge in [0.2, 0.25) is 5.16 Å². The van der Waals surface area contributed by atoms with Gasteiger partial charge in [-0.05, 0) is 25.8 Å². The van der Waals surface area contributed by atoms with Crippen LogP contribution in [0.3, 0.4) is 0 Å². The second-order valence-corrected chi connectivity index (χ2v) is 8.93. The summed E-state index contributed by atoms with van der Waals surface area (Å²) in [6, 6.07) is 7.92. The monoisotopic (exact) mass is 411 g/mol. The number of nitrogens with one attached hydrogen (secondary N) is 1. The van der Waals surface area contributed by atoms with Gasteiger partial charge < -0.3 is 4.98 Å². The number of para-hydroxylation sites is 1. The van der Waals surface area contributed by atoms with E-state index < -0.39 is 0 Å². The zero-order valence-electron chi connectivity index (χ0n) is 16.0. The molecule has 0 radical (unpaired) electrons. The first-order valence-corrected chi connectivity index (χ1v) is 11.0. The molecule has 3 aromatic heterocycles. The van der Waals surface area contributed by atoms with Crippen LogP contribution in [0.2, 0.25) is 0 Å². The molecule has 144 valence electrons. The highest BCUT2D eigenvalue weighted by atomic mass is 32.2. The van der Waals surface area contributed by atoms with E-state index in [1.54, 1.807) is 11.3 Å².